The molecule has 0 spiro atoms. The number of amides is 1. The molecule has 3 aliphatic rings. The molecule has 1 aliphatic carbocycles. The summed E-state index contributed by atoms with van der Waals surface area (Å²) in [5.74, 6) is 0.318. The number of aliphatic hydroxyl groups excluding tert-OH is 1. The van der Waals surface area contributed by atoms with Crippen molar-refractivity contribution in [3.05, 3.63) is 70.3 Å². The van der Waals surface area contributed by atoms with Gasteiger partial charge < -0.3 is 19.5 Å². The third kappa shape index (κ3) is 7.77. The maximum atomic E-state index is 13.6. The summed E-state index contributed by atoms with van der Waals surface area (Å²) >= 11 is 6.31. The van der Waals surface area contributed by atoms with Crippen LogP contribution in [0, 0.1) is 11.8 Å². The van der Waals surface area contributed by atoms with E-state index in [4.69, 9.17) is 21.1 Å². The highest BCUT2D eigenvalue weighted by molar-refractivity contribution is 7.87. The van der Waals surface area contributed by atoms with E-state index >= 15 is 0 Å². The molecule has 5 rings (SSSR count). The Morgan fingerprint density at radius 3 is 2.75 bits per heavy atom. The monoisotopic (exact) mass is 645 g/mol. The van der Waals surface area contributed by atoms with Crippen LogP contribution in [-0.4, -0.2) is 69.2 Å². The van der Waals surface area contributed by atoms with E-state index in [-0.39, 0.29) is 23.9 Å². The number of methoxy groups -OCH3 is 1. The van der Waals surface area contributed by atoms with Crippen LogP contribution < -0.4 is 14.4 Å². The smallest absolute Gasteiger partial charge is 0.304 e. The zero-order chi connectivity index (χ0) is 31.3. The molecule has 1 saturated carbocycles. The summed E-state index contributed by atoms with van der Waals surface area (Å²) in [4.78, 5) is 15.8. The molecule has 0 aromatic heterocycles. The lowest BCUT2D eigenvalue weighted by molar-refractivity contribution is 0.0461. The molecule has 9 nitrogen and oxygen atoms in total. The Hall–Kier alpha value is -2.63. The summed E-state index contributed by atoms with van der Waals surface area (Å²) in [6, 6.07) is 10.6. The lowest BCUT2D eigenvalue weighted by atomic mass is 9.70. The Morgan fingerprint density at radius 1 is 1.14 bits per heavy atom. The van der Waals surface area contributed by atoms with Gasteiger partial charge in [-0.3, -0.25) is 4.79 Å². The predicted molar refractivity (Wildman–Crippen MR) is 172 cm³/mol. The first-order valence-electron chi connectivity index (χ1n) is 15.6. The Bertz CT molecular complexity index is 1450. The lowest BCUT2D eigenvalue weighted by Crippen LogP contribution is -2.48. The van der Waals surface area contributed by atoms with Crippen molar-refractivity contribution in [2.45, 2.75) is 70.6 Å². The van der Waals surface area contributed by atoms with Crippen LogP contribution in [-0.2, 0) is 28.0 Å². The summed E-state index contributed by atoms with van der Waals surface area (Å²) in [5.41, 5.74) is 3.22. The van der Waals surface area contributed by atoms with Crippen molar-refractivity contribution >= 4 is 33.4 Å². The number of benzene rings is 2. The van der Waals surface area contributed by atoms with Crippen LogP contribution in [0.25, 0.3) is 0 Å². The molecular weight excluding hydrogens is 602 g/mol. The van der Waals surface area contributed by atoms with Gasteiger partial charge in [0.2, 0.25) is 0 Å². The van der Waals surface area contributed by atoms with Gasteiger partial charge in [-0.2, -0.15) is 12.7 Å². The number of ether oxygens (including phenoxy) is 2. The summed E-state index contributed by atoms with van der Waals surface area (Å²) in [7, 11) is -2.61. The molecular formula is C33H44ClN3O6S. The minimum atomic E-state index is -4.17. The Labute approximate surface area is 266 Å². The van der Waals surface area contributed by atoms with Crippen molar-refractivity contribution in [2.24, 2.45) is 11.8 Å². The third-order valence-electron chi connectivity index (χ3n) is 9.17. The van der Waals surface area contributed by atoms with Gasteiger partial charge >= 0.3 is 10.2 Å². The Morgan fingerprint density at radius 2 is 1.98 bits per heavy atom. The van der Waals surface area contributed by atoms with Gasteiger partial charge in [0, 0.05) is 50.0 Å². The van der Waals surface area contributed by atoms with Crippen LogP contribution in [0.15, 0.2) is 48.6 Å². The maximum Gasteiger partial charge on any atom is 0.304 e. The normalized spacial score (nSPS) is 27.0. The molecule has 0 radical (unpaired) electrons. The molecule has 2 N–H and O–H groups in total. The van der Waals surface area contributed by atoms with E-state index in [0.29, 0.717) is 43.4 Å². The molecule has 2 bridgehead atoms. The van der Waals surface area contributed by atoms with Gasteiger partial charge in [-0.15, -0.1) is 0 Å². The largest absolute Gasteiger partial charge is 0.487 e. The molecule has 2 heterocycles. The van der Waals surface area contributed by atoms with E-state index in [2.05, 4.69) is 9.62 Å². The van der Waals surface area contributed by atoms with Gasteiger partial charge in [0.1, 0.15) is 12.4 Å². The minimum Gasteiger partial charge on any atom is -0.487 e. The number of fused-ring (bicyclic) bond motifs is 3. The Balaban J connectivity index is 1.52. The van der Waals surface area contributed by atoms with Crippen molar-refractivity contribution in [1.82, 2.24) is 9.03 Å². The van der Waals surface area contributed by atoms with Gasteiger partial charge in [0.25, 0.3) is 5.91 Å². The molecule has 1 amide bonds. The highest BCUT2D eigenvalue weighted by atomic mass is 35.5. The average Bonchev–Trinajstić information content (AvgIpc) is 2.99. The van der Waals surface area contributed by atoms with Crippen molar-refractivity contribution in [3.63, 3.8) is 0 Å². The summed E-state index contributed by atoms with van der Waals surface area (Å²) in [5, 5.41) is 11.8. The highest BCUT2D eigenvalue weighted by Gasteiger charge is 2.37. The van der Waals surface area contributed by atoms with Crippen molar-refractivity contribution in [2.75, 3.05) is 38.3 Å². The molecule has 11 heteroatoms. The first-order chi connectivity index (χ1) is 21.2. The highest BCUT2D eigenvalue weighted by Crippen LogP contribution is 2.41. The fraction of sp³-hybridized carbons (Fsp3) is 0.545. The number of hydrogen-bond acceptors (Lipinski definition) is 7. The van der Waals surface area contributed by atoms with Gasteiger partial charge in [-0.1, -0.05) is 29.8 Å². The first kappa shape index (κ1) is 32.8. The molecule has 4 atom stereocenters. The minimum absolute atomic E-state index is 0.108. The second kappa shape index (κ2) is 14.6. The maximum absolute atomic E-state index is 13.6. The number of nitrogens with zero attached hydrogens (tertiary/aromatic N) is 2. The average molecular weight is 646 g/mol. The van der Waals surface area contributed by atoms with Gasteiger partial charge in [-0.25, -0.2) is 4.72 Å². The number of nitrogens with one attached hydrogen (secondary N) is 1. The molecule has 0 saturated heterocycles. The van der Waals surface area contributed by atoms with Crippen LogP contribution in [0.3, 0.4) is 0 Å². The van der Waals surface area contributed by atoms with Gasteiger partial charge in [0.15, 0.2) is 0 Å². The number of carbonyl (C=O) groups excluding carboxylic acids is 1. The summed E-state index contributed by atoms with van der Waals surface area (Å²) < 4.78 is 42.3. The number of aryl methyl sites for hydroxylation is 1. The quantitative estimate of drug-likeness (QED) is 0.351. The topological polar surface area (TPSA) is 108 Å². The first-order valence-corrected chi connectivity index (χ1v) is 17.4. The summed E-state index contributed by atoms with van der Waals surface area (Å²) in [6.45, 7) is 4.17. The molecule has 2 aromatic rings. The SMILES string of the molecule is COCCCN1[C@@H](C)C/C=C/C(O)[C@@H]2CC[C@H]2CN2CCCCc3cc(Cl)ccc3COc3ccc(cc32)C(=O)NS1(=O)=O. The molecule has 2 aliphatic heterocycles. The van der Waals surface area contributed by atoms with E-state index < -0.39 is 28.3 Å². The summed E-state index contributed by atoms with van der Waals surface area (Å²) in [6.07, 6.45) is 8.62. The van der Waals surface area contributed by atoms with Crippen LogP contribution >= 0.6 is 11.6 Å². The van der Waals surface area contributed by atoms with Crippen molar-refractivity contribution < 1.29 is 27.8 Å². The number of halogens is 1. The number of anilines is 1. The second-order valence-electron chi connectivity index (χ2n) is 12.2. The lowest BCUT2D eigenvalue weighted by Gasteiger charge is -2.42. The number of aliphatic hydroxyl groups is 1. The molecule has 240 valence electrons. The molecule has 44 heavy (non-hydrogen) atoms. The molecule has 1 unspecified atom stereocenters. The number of hydrogen-bond donors (Lipinski definition) is 2. The van der Waals surface area contributed by atoms with Gasteiger partial charge in [0.05, 0.1) is 11.8 Å². The zero-order valence-corrected chi connectivity index (χ0v) is 27.2. The molecule has 1 fully saturated rings. The third-order valence-corrected chi connectivity index (χ3v) is 11.0. The van der Waals surface area contributed by atoms with Crippen LogP contribution in [0.5, 0.6) is 5.75 Å². The van der Waals surface area contributed by atoms with E-state index in [9.17, 15) is 18.3 Å². The van der Waals surface area contributed by atoms with E-state index in [1.807, 2.05) is 37.3 Å². The zero-order valence-electron chi connectivity index (χ0n) is 25.6. The second-order valence-corrected chi connectivity index (χ2v) is 14.2. The van der Waals surface area contributed by atoms with Crippen LogP contribution in [0.1, 0.15) is 66.9 Å². The fourth-order valence-corrected chi connectivity index (χ4v) is 8.08. The van der Waals surface area contributed by atoms with E-state index in [0.717, 1.165) is 55.5 Å². The standard InChI is InChI=1S/C33H44ClN3O6S/c1-23-7-5-9-31(38)29-14-11-26(29)21-36-16-4-3-8-24-19-28(34)13-10-27(24)22-43-32-15-12-25(20-30(32)36)33(39)35-44(40,41)37(23)17-6-18-42-2/h5,9-10,12-13,15,19-20,23,26,29,31,38H,3-4,6-8,11,14,16-18,21-22H2,1-2H3,(H,35,39)/b9-5+/t23-,26-,29+,31?/m0/s1. The van der Waals surface area contributed by atoms with Crippen molar-refractivity contribution in [3.8, 4) is 5.75 Å². The number of carbonyl (C=O) groups is 1. The van der Waals surface area contributed by atoms with Crippen molar-refractivity contribution in [1.29, 1.82) is 0 Å². The fourth-order valence-electron chi connectivity index (χ4n) is 6.49. The van der Waals surface area contributed by atoms with E-state index in [1.54, 1.807) is 25.3 Å². The van der Waals surface area contributed by atoms with E-state index in [1.165, 1.54) is 4.31 Å². The molecule has 2 aromatic carbocycles. The van der Waals surface area contributed by atoms with Crippen LogP contribution in [0.2, 0.25) is 5.02 Å². The predicted octanol–water partition coefficient (Wildman–Crippen LogP) is 5.11. The Kier molecular flexibility index (Phi) is 10.9. The number of rotatable bonds is 4. The van der Waals surface area contributed by atoms with Crippen LogP contribution in [0.4, 0.5) is 5.69 Å². The van der Waals surface area contributed by atoms with Gasteiger partial charge in [-0.05, 0) is 105 Å².